The fourth-order valence-electron chi connectivity index (χ4n) is 7.92. The van der Waals surface area contributed by atoms with Crippen molar-refractivity contribution in [2.45, 2.75) is 121 Å². The molecule has 1 aliphatic heterocycles. The van der Waals surface area contributed by atoms with Gasteiger partial charge < -0.3 is 63.9 Å². The predicted octanol–water partition coefficient (Wildman–Crippen LogP) is -0.116. The molecular weight excluding hydrogens is 851 g/mol. The Bertz CT molecular complexity index is 2160. The van der Waals surface area contributed by atoms with Crippen molar-refractivity contribution in [3.05, 3.63) is 65.9 Å². The van der Waals surface area contributed by atoms with E-state index in [4.69, 9.17) is 17.2 Å². The van der Waals surface area contributed by atoms with Gasteiger partial charge in [0.15, 0.2) is 11.7 Å². The highest BCUT2D eigenvalue weighted by Crippen LogP contribution is 2.23. The molecule has 20 nitrogen and oxygen atoms in total. The number of nitrogens with two attached hydrogens (primary N) is 3. The second-order valence-electron chi connectivity index (χ2n) is 17.0. The first kappa shape index (κ1) is 52.1. The highest BCUT2D eigenvalue weighted by atomic mass is 16.3. The van der Waals surface area contributed by atoms with E-state index in [9.17, 15) is 43.8 Å². The molecule has 1 fully saturated rings. The summed E-state index contributed by atoms with van der Waals surface area (Å²) in [6.07, 6.45) is 3.82. The number of aromatic nitrogens is 1. The Balaban J connectivity index is 1.66. The molecule has 20 heteroatoms. The number of guanidine groups is 1. The number of phenols is 1. The lowest BCUT2D eigenvalue weighted by atomic mass is 9.99. The second kappa shape index (κ2) is 25.8. The molecule has 4 rings (SSSR count). The highest BCUT2D eigenvalue weighted by Gasteiger charge is 2.38. The first-order chi connectivity index (χ1) is 31.5. The average molecular weight is 918 g/mol. The smallest absolute Gasteiger partial charge is 0.245 e. The number of ketones is 1. The van der Waals surface area contributed by atoms with E-state index in [1.165, 1.54) is 17.0 Å². The summed E-state index contributed by atoms with van der Waals surface area (Å²) < 4.78 is 0. The second-order valence-corrected chi connectivity index (χ2v) is 17.0. The zero-order valence-corrected chi connectivity index (χ0v) is 38.0. The molecule has 0 radical (unpaired) electrons. The minimum absolute atomic E-state index is 0.0299. The van der Waals surface area contributed by atoms with Crippen LogP contribution in [0.5, 0.6) is 5.75 Å². The van der Waals surface area contributed by atoms with Gasteiger partial charge >= 0.3 is 0 Å². The maximum atomic E-state index is 14.6. The summed E-state index contributed by atoms with van der Waals surface area (Å²) in [5.74, 6) is -4.47. The van der Waals surface area contributed by atoms with Gasteiger partial charge in [-0.25, -0.2) is 0 Å². The number of aliphatic hydroxyl groups is 1. The van der Waals surface area contributed by atoms with Crippen LogP contribution in [0.3, 0.4) is 0 Å². The third-order valence-corrected chi connectivity index (χ3v) is 11.3. The number of aliphatic hydroxyl groups excluding tert-OH is 1. The molecule has 0 bridgehead atoms. The van der Waals surface area contributed by atoms with Gasteiger partial charge in [-0.05, 0) is 80.3 Å². The molecule has 0 saturated carbocycles. The Morgan fingerprint density at radius 1 is 0.818 bits per heavy atom. The summed E-state index contributed by atoms with van der Waals surface area (Å²) in [7, 11) is 0. The number of rotatable bonds is 26. The van der Waals surface area contributed by atoms with E-state index in [1.54, 1.807) is 25.3 Å². The lowest BCUT2D eigenvalue weighted by Gasteiger charge is -2.30. The molecule has 66 heavy (non-hydrogen) atoms. The topological polar surface area (TPSA) is 330 Å². The summed E-state index contributed by atoms with van der Waals surface area (Å²) in [4.78, 5) is 105. The highest BCUT2D eigenvalue weighted by molar-refractivity contribution is 5.98. The number of aromatic hydroxyl groups is 1. The lowest BCUT2D eigenvalue weighted by Crippen LogP contribution is -2.60. The van der Waals surface area contributed by atoms with Crippen LogP contribution in [0.25, 0.3) is 10.9 Å². The predicted molar refractivity (Wildman–Crippen MR) is 248 cm³/mol. The van der Waals surface area contributed by atoms with Crippen LogP contribution < -0.4 is 43.8 Å². The molecule has 1 aromatic heterocycles. The molecule has 360 valence electrons. The zero-order valence-electron chi connectivity index (χ0n) is 38.0. The molecule has 6 amide bonds. The molecule has 0 aliphatic carbocycles. The van der Waals surface area contributed by atoms with E-state index in [1.807, 2.05) is 38.1 Å². The van der Waals surface area contributed by atoms with E-state index in [-0.39, 0.29) is 75.0 Å². The Hall–Kier alpha value is -6.54. The van der Waals surface area contributed by atoms with Gasteiger partial charge in [0, 0.05) is 55.9 Å². The monoisotopic (exact) mass is 918 g/mol. The number of Topliss-reactive ketones (excluding diaryl/α,β-unsaturated/α-hetero) is 1. The molecule has 6 atom stereocenters. The minimum Gasteiger partial charge on any atom is -0.508 e. The number of aliphatic imine (C=N–C) groups is 1. The molecule has 3 aromatic rings. The first-order valence-electron chi connectivity index (χ1n) is 22.6. The van der Waals surface area contributed by atoms with Gasteiger partial charge in [0.1, 0.15) is 36.0 Å². The molecule has 2 aromatic carbocycles. The van der Waals surface area contributed by atoms with Gasteiger partial charge in [-0.15, -0.1) is 0 Å². The number of nitrogens with zero attached hydrogens (tertiary/aromatic N) is 2. The summed E-state index contributed by atoms with van der Waals surface area (Å²) in [5.41, 5.74) is 18.7. The van der Waals surface area contributed by atoms with Crippen molar-refractivity contribution in [3.8, 4) is 5.75 Å². The number of carbonyl (C=O) groups is 7. The third kappa shape index (κ3) is 15.6. The van der Waals surface area contributed by atoms with Crippen LogP contribution in [0.15, 0.2) is 59.7 Å². The van der Waals surface area contributed by atoms with E-state index < -0.39 is 78.3 Å². The Morgan fingerprint density at radius 2 is 1.44 bits per heavy atom. The number of para-hydroxylation sites is 1. The van der Waals surface area contributed by atoms with Crippen molar-refractivity contribution in [1.82, 2.24) is 36.5 Å². The normalized spacial score (nSPS) is 15.8. The van der Waals surface area contributed by atoms with E-state index in [0.29, 0.717) is 43.4 Å². The van der Waals surface area contributed by atoms with Crippen LogP contribution in [0.1, 0.15) is 83.3 Å². The van der Waals surface area contributed by atoms with Crippen LogP contribution in [0, 0.1) is 5.92 Å². The quantitative estimate of drug-likeness (QED) is 0.0286. The molecule has 0 unspecified atom stereocenters. The van der Waals surface area contributed by atoms with E-state index >= 15 is 0 Å². The number of nitrogens with one attached hydrogen (secondary N) is 6. The standard InChI is InChI=1S/C46H67N11O9/c1-4-9-40(61)52-37(26-58)44(65)55-35(23-28-14-16-30(59)17-15-28)42(63)56-36(24-29-25-51-32-11-6-5-10-31(29)32)43(64)54-34(22-27(2)3)41(62)53-33(12-7-20-50-46(48)49)45(66)57-21-8-13-38(57)39(60)18-19-47/h5-6,10-11,14-17,25,27,33-38,51,58-59H,4,7-9,12-13,18-24,26,47H2,1-3H3,(H,52,61)(H,53,62)(H,54,64)(H,55,65)(H,56,63)(H4,48,49,50)/t33-,34-,35-,36+,37-,38-/m0/s1. The number of benzene rings is 2. The van der Waals surface area contributed by atoms with Crippen molar-refractivity contribution >= 4 is 58.1 Å². The molecule has 0 spiro atoms. The molecule has 14 N–H and O–H groups in total. The van der Waals surface area contributed by atoms with Crippen molar-refractivity contribution in [2.24, 2.45) is 28.1 Å². The van der Waals surface area contributed by atoms with E-state index in [2.05, 4.69) is 36.6 Å². The molecule has 1 aliphatic rings. The SMILES string of the molecule is CCCC(=O)N[C@@H](CO)C(=O)N[C@@H](Cc1ccc(O)cc1)C(=O)N[C@H](Cc1c[nH]c2ccccc12)C(=O)N[C@@H](CC(C)C)C(=O)N[C@@H](CCCN=C(N)N)C(=O)N1CCC[C@H]1C(=O)CCN. The maximum Gasteiger partial charge on any atom is 0.245 e. The Kier molecular flexibility index (Phi) is 20.4. The number of carbonyl (C=O) groups excluding carboxylic acids is 7. The number of hydrogen-bond donors (Lipinski definition) is 11. The zero-order chi connectivity index (χ0) is 48.3. The van der Waals surface area contributed by atoms with Crippen molar-refractivity contribution < 1.29 is 43.8 Å². The Morgan fingerprint density at radius 3 is 2.08 bits per heavy atom. The van der Waals surface area contributed by atoms with Crippen LogP contribution in [-0.2, 0) is 46.4 Å². The summed E-state index contributed by atoms with van der Waals surface area (Å²) >= 11 is 0. The van der Waals surface area contributed by atoms with Crippen molar-refractivity contribution in [1.29, 1.82) is 0 Å². The van der Waals surface area contributed by atoms with Gasteiger partial charge in [-0.2, -0.15) is 0 Å². The van der Waals surface area contributed by atoms with Gasteiger partial charge in [-0.3, -0.25) is 38.6 Å². The van der Waals surface area contributed by atoms with Crippen molar-refractivity contribution in [2.75, 3.05) is 26.2 Å². The van der Waals surface area contributed by atoms with E-state index in [0.717, 1.165) is 10.9 Å². The van der Waals surface area contributed by atoms with Gasteiger partial charge in [0.2, 0.25) is 35.4 Å². The number of H-pyrrole nitrogens is 1. The van der Waals surface area contributed by atoms with Gasteiger partial charge in [0.05, 0.1) is 12.6 Å². The number of aromatic amines is 1. The van der Waals surface area contributed by atoms with Gasteiger partial charge in [0.25, 0.3) is 0 Å². The average Bonchev–Trinajstić information content (AvgIpc) is 3.94. The summed E-state index contributed by atoms with van der Waals surface area (Å²) in [6, 6.07) is 6.22. The first-order valence-corrected chi connectivity index (χ1v) is 22.6. The molecular formula is C46H67N11O9. The number of phenolic OH excluding ortho intramolecular Hbond substituents is 1. The number of hydrogen-bond acceptors (Lipinski definition) is 11. The summed E-state index contributed by atoms with van der Waals surface area (Å²) in [5, 5.41) is 34.3. The number of likely N-dealkylation sites (tertiary alicyclic amines) is 1. The van der Waals surface area contributed by atoms with Crippen molar-refractivity contribution in [3.63, 3.8) is 0 Å². The van der Waals surface area contributed by atoms with Gasteiger partial charge in [-0.1, -0.05) is 51.1 Å². The third-order valence-electron chi connectivity index (χ3n) is 11.3. The number of amides is 6. The lowest BCUT2D eigenvalue weighted by molar-refractivity contribution is -0.141. The van der Waals surface area contributed by atoms with Crippen LogP contribution in [0.4, 0.5) is 0 Å². The Labute approximate surface area is 384 Å². The van der Waals surface area contributed by atoms with Crippen LogP contribution in [0.2, 0.25) is 0 Å². The maximum absolute atomic E-state index is 14.6. The minimum atomic E-state index is -1.38. The fraction of sp³-hybridized carbons (Fsp3) is 0.522. The largest absolute Gasteiger partial charge is 0.508 e. The fourth-order valence-corrected chi connectivity index (χ4v) is 7.92. The molecule has 2 heterocycles. The van der Waals surface area contributed by atoms with Crippen LogP contribution in [-0.4, -0.2) is 130 Å². The van der Waals surface area contributed by atoms with Crippen LogP contribution >= 0.6 is 0 Å². The number of fused-ring (bicyclic) bond motifs is 1. The summed E-state index contributed by atoms with van der Waals surface area (Å²) in [6.45, 7) is 5.34. The molecule has 1 saturated heterocycles.